The maximum atomic E-state index is 10.9. The summed E-state index contributed by atoms with van der Waals surface area (Å²) in [6, 6.07) is 0. The van der Waals surface area contributed by atoms with E-state index in [0.29, 0.717) is 6.42 Å². The summed E-state index contributed by atoms with van der Waals surface area (Å²) in [5.41, 5.74) is 0. The average Bonchev–Trinajstić information content (AvgIpc) is 2.32. The highest BCUT2D eigenvalue weighted by Crippen LogP contribution is 2.16. The maximum absolute atomic E-state index is 10.9. The lowest BCUT2D eigenvalue weighted by Gasteiger charge is -2.04. The van der Waals surface area contributed by atoms with Crippen LogP contribution in [0.4, 0.5) is 0 Å². The van der Waals surface area contributed by atoms with E-state index in [0.717, 1.165) is 5.75 Å². The van der Waals surface area contributed by atoms with Gasteiger partial charge in [-0.3, -0.25) is 4.79 Å². The number of hydrogen-bond donors (Lipinski definition) is 1. The summed E-state index contributed by atoms with van der Waals surface area (Å²) in [6.07, 6.45) is 0.313. The maximum Gasteiger partial charge on any atom is 0.263 e. The van der Waals surface area contributed by atoms with Gasteiger partial charge >= 0.3 is 0 Å². The zero-order valence-electron chi connectivity index (χ0n) is 6.53. The van der Waals surface area contributed by atoms with Gasteiger partial charge in [0.2, 0.25) is 10.3 Å². The summed E-state index contributed by atoms with van der Waals surface area (Å²) in [5.74, 6) is 0.415. The average molecular weight is 207 g/mol. The Kier molecular flexibility index (Phi) is 3.16. The lowest BCUT2D eigenvalue weighted by atomic mass is 10.4. The quantitative estimate of drug-likeness (QED) is 0.628. The molecule has 1 N–H and O–H groups in total. The minimum absolute atomic E-state index is 0.0269. The fourth-order valence-corrected chi connectivity index (χ4v) is 2.48. The second-order valence-electron chi connectivity index (χ2n) is 2.28. The smallest absolute Gasteiger partial charge is 0.263 e. The number of carbonyl (C=O) groups is 1. The van der Waals surface area contributed by atoms with Gasteiger partial charge in [-0.15, -0.1) is 11.8 Å². The minimum Gasteiger partial charge on any atom is -0.339 e. The third kappa shape index (κ3) is 2.01. The molecule has 1 heterocycles. The molecule has 1 rings (SSSR count). The van der Waals surface area contributed by atoms with E-state index in [1.54, 1.807) is 0 Å². The predicted octanol–water partition coefficient (Wildman–Crippen LogP) is -0.363. The van der Waals surface area contributed by atoms with Crippen molar-refractivity contribution in [3.8, 4) is 0 Å². The summed E-state index contributed by atoms with van der Waals surface area (Å²) in [6.45, 7) is 1.96. The molecule has 0 spiro atoms. The highest BCUT2D eigenvalue weighted by atomic mass is 32.2. The molecule has 1 amide bonds. The van der Waals surface area contributed by atoms with Crippen LogP contribution in [0, 0.1) is 0 Å². The fraction of sp³-hybridized carbons (Fsp3) is 0.667. The summed E-state index contributed by atoms with van der Waals surface area (Å²) >= 11 is 1.54. The monoisotopic (exact) mass is 207 g/mol. The number of amides is 1. The molecule has 1 atom stereocenters. The molecular formula is C6H9NO3S2. The summed E-state index contributed by atoms with van der Waals surface area (Å²) in [7, 11) is -2.35. The lowest BCUT2D eigenvalue weighted by Crippen LogP contribution is -2.24. The van der Waals surface area contributed by atoms with E-state index in [1.165, 1.54) is 11.8 Å². The highest BCUT2D eigenvalue weighted by molar-refractivity contribution is 8.00. The molecule has 0 radical (unpaired) electrons. The Morgan fingerprint density at radius 2 is 2.33 bits per heavy atom. The molecule has 1 fully saturated rings. The molecule has 0 bridgehead atoms. The second kappa shape index (κ2) is 3.95. The number of thioether (sulfide) groups is 1. The Morgan fingerprint density at radius 3 is 2.75 bits per heavy atom. The topological polar surface area (TPSA) is 63.2 Å². The van der Waals surface area contributed by atoms with E-state index in [1.807, 2.05) is 6.92 Å². The van der Waals surface area contributed by atoms with Crippen LogP contribution in [0.15, 0.2) is 0 Å². The van der Waals surface area contributed by atoms with Crippen molar-refractivity contribution in [2.45, 2.75) is 18.7 Å². The van der Waals surface area contributed by atoms with Crippen molar-refractivity contribution in [3.63, 3.8) is 0 Å². The van der Waals surface area contributed by atoms with Crippen molar-refractivity contribution in [2.75, 3.05) is 5.75 Å². The first-order valence-corrected chi connectivity index (χ1v) is 5.65. The minimum atomic E-state index is -2.35. The van der Waals surface area contributed by atoms with Gasteiger partial charge in [0.25, 0.3) is 5.91 Å². The third-order valence-corrected chi connectivity index (χ3v) is 3.26. The number of rotatable bonds is 2. The van der Waals surface area contributed by atoms with Gasteiger partial charge in [-0.05, 0) is 5.75 Å². The summed E-state index contributed by atoms with van der Waals surface area (Å²) in [4.78, 5) is 10.9. The molecular weight excluding hydrogens is 198 g/mol. The predicted molar refractivity (Wildman–Crippen MR) is 48.6 cm³/mol. The SMILES string of the molecule is CCSC1CC(=S(=O)=O)C(=O)N1. The zero-order valence-corrected chi connectivity index (χ0v) is 8.17. The van der Waals surface area contributed by atoms with Crippen LogP contribution in [0.25, 0.3) is 0 Å². The third-order valence-electron chi connectivity index (χ3n) is 1.49. The highest BCUT2D eigenvalue weighted by Gasteiger charge is 2.28. The van der Waals surface area contributed by atoms with Crippen LogP contribution in [0.1, 0.15) is 13.3 Å². The van der Waals surface area contributed by atoms with Crippen molar-refractivity contribution in [1.29, 1.82) is 0 Å². The molecule has 0 aliphatic carbocycles. The van der Waals surface area contributed by atoms with Gasteiger partial charge in [-0.1, -0.05) is 6.92 Å². The van der Waals surface area contributed by atoms with Gasteiger partial charge in [-0.25, -0.2) is 0 Å². The van der Waals surface area contributed by atoms with E-state index >= 15 is 0 Å². The van der Waals surface area contributed by atoms with E-state index in [9.17, 15) is 13.2 Å². The largest absolute Gasteiger partial charge is 0.339 e. The summed E-state index contributed by atoms with van der Waals surface area (Å²) < 4.78 is 20.9. The molecule has 0 aromatic carbocycles. The Labute approximate surface area is 76.3 Å². The van der Waals surface area contributed by atoms with Crippen LogP contribution >= 0.6 is 11.8 Å². The van der Waals surface area contributed by atoms with E-state index in [-0.39, 0.29) is 10.2 Å². The van der Waals surface area contributed by atoms with Crippen LogP contribution in [0.2, 0.25) is 0 Å². The fourth-order valence-electron chi connectivity index (χ4n) is 0.984. The molecule has 0 aromatic heterocycles. The van der Waals surface area contributed by atoms with Crippen LogP contribution in [0.3, 0.4) is 0 Å². The zero-order chi connectivity index (χ0) is 9.14. The summed E-state index contributed by atoms with van der Waals surface area (Å²) in [5, 5.41) is 2.52. The Balaban J connectivity index is 2.76. The Morgan fingerprint density at radius 1 is 1.67 bits per heavy atom. The van der Waals surface area contributed by atoms with E-state index in [4.69, 9.17) is 0 Å². The first-order valence-electron chi connectivity index (χ1n) is 3.52. The molecule has 68 valence electrons. The number of carbonyl (C=O) groups excluding carboxylic acids is 1. The van der Waals surface area contributed by atoms with E-state index < -0.39 is 16.2 Å². The molecule has 1 unspecified atom stereocenters. The van der Waals surface area contributed by atoms with Gasteiger partial charge in [-0.2, -0.15) is 8.42 Å². The molecule has 1 aliphatic heterocycles. The normalized spacial score (nSPS) is 22.6. The molecule has 1 saturated heterocycles. The van der Waals surface area contributed by atoms with Crippen molar-refractivity contribution >= 4 is 32.8 Å². The van der Waals surface area contributed by atoms with Crippen LogP contribution in [-0.4, -0.2) is 30.3 Å². The van der Waals surface area contributed by atoms with Crippen molar-refractivity contribution in [3.05, 3.63) is 0 Å². The van der Waals surface area contributed by atoms with Crippen molar-refractivity contribution in [1.82, 2.24) is 5.32 Å². The molecule has 0 saturated carbocycles. The van der Waals surface area contributed by atoms with Gasteiger partial charge < -0.3 is 5.32 Å². The molecule has 1 aliphatic rings. The number of nitrogens with one attached hydrogen (secondary N) is 1. The van der Waals surface area contributed by atoms with Gasteiger partial charge in [0, 0.05) is 6.42 Å². The first kappa shape index (κ1) is 9.60. The second-order valence-corrected chi connectivity index (χ2v) is 4.72. The lowest BCUT2D eigenvalue weighted by molar-refractivity contribution is -0.113. The van der Waals surface area contributed by atoms with Crippen LogP contribution in [0.5, 0.6) is 0 Å². The van der Waals surface area contributed by atoms with Gasteiger partial charge in [0.1, 0.15) is 4.86 Å². The standard InChI is InChI=1S/C6H9NO3S2/c1-2-11-5-3-4(12(9)10)6(8)7-5/h5H,2-3H2,1H3,(H,7,8). The van der Waals surface area contributed by atoms with E-state index in [2.05, 4.69) is 5.32 Å². The van der Waals surface area contributed by atoms with Gasteiger partial charge in [0.05, 0.1) is 5.37 Å². The van der Waals surface area contributed by atoms with Crippen molar-refractivity contribution in [2.24, 2.45) is 0 Å². The van der Waals surface area contributed by atoms with Gasteiger partial charge in [0.15, 0.2) is 0 Å². The molecule has 0 aromatic rings. The Hall–Kier alpha value is -0.490. The Bertz CT molecular complexity index is 312. The molecule has 6 heteroatoms. The number of hydrogen-bond acceptors (Lipinski definition) is 4. The molecule has 4 nitrogen and oxygen atoms in total. The molecule has 12 heavy (non-hydrogen) atoms. The van der Waals surface area contributed by atoms with Crippen LogP contribution < -0.4 is 5.32 Å². The van der Waals surface area contributed by atoms with Crippen LogP contribution in [-0.2, 0) is 15.1 Å². The van der Waals surface area contributed by atoms with Crippen molar-refractivity contribution < 1.29 is 13.2 Å². The first-order chi connectivity index (χ1) is 5.65.